The van der Waals surface area contributed by atoms with Crippen LogP contribution in [0.2, 0.25) is 0 Å². The first-order valence-corrected chi connectivity index (χ1v) is 6.60. The van der Waals surface area contributed by atoms with Crippen molar-refractivity contribution < 1.29 is 14.7 Å². The molecule has 0 bridgehead atoms. The quantitative estimate of drug-likeness (QED) is 0.442. The van der Waals surface area contributed by atoms with Gasteiger partial charge in [0.05, 0.1) is 0 Å². The van der Waals surface area contributed by atoms with E-state index in [0.29, 0.717) is 6.42 Å². The Labute approximate surface area is 104 Å². The van der Waals surface area contributed by atoms with Crippen LogP contribution in [0.3, 0.4) is 0 Å². The molecule has 0 aliphatic rings. The summed E-state index contributed by atoms with van der Waals surface area (Å²) in [5.74, 6) is -1.15. The van der Waals surface area contributed by atoms with Crippen LogP contribution in [0.15, 0.2) is 12.2 Å². The second-order valence-electron chi connectivity index (χ2n) is 4.36. The van der Waals surface area contributed by atoms with Gasteiger partial charge in [-0.25, -0.2) is 4.79 Å². The molecule has 0 radical (unpaired) electrons. The fourth-order valence-electron chi connectivity index (χ4n) is 1.68. The Kier molecular flexibility index (Phi) is 10.6. The summed E-state index contributed by atoms with van der Waals surface area (Å²) in [4.78, 5) is 21.3. The summed E-state index contributed by atoms with van der Waals surface area (Å²) in [6, 6.07) is 0. The Bertz CT molecular complexity index is 244. The Morgan fingerprint density at radius 2 is 1.41 bits per heavy atom. The van der Waals surface area contributed by atoms with E-state index in [2.05, 4.69) is 6.92 Å². The number of allylic oxidation sites excluding steroid dienone is 1. The number of ketones is 1. The summed E-state index contributed by atoms with van der Waals surface area (Å²) in [6.45, 7) is 2.20. The highest BCUT2D eigenvalue weighted by Crippen LogP contribution is 2.09. The number of carboxylic acid groups (broad SMARTS) is 1. The van der Waals surface area contributed by atoms with Gasteiger partial charge in [0, 0.05) is 12.5 Å². The van der Waals surface area contributed by atoms with Crippen molar-refractivity contribution in [3.8, 4) is 0 Å². The van der Waals surface area contributed by atoms with Crippen LogP contribution in [0.1, 0.15) is 64.7 Å². The molecule has 0 fully saturated rings. The van der Waals surface area contributed by atoms with Crippen molar-refractivity contribution in [3.05, 3.63) is 12.2 Å². The Morgan fingerprint density at radius 1 is 0.882 bits per heavy atom. The molecule has 0 saturated heterocycles. The number of carbonyl (C=O) groups excluding carboxylic acids is 1. The molecule has 0 unspecified atom stereocenters. The molecule has 0 aromatic heterocycles. The number of carbonyl (C=O) groups is 2. The average Bonchev–Trinajstić information content (AvgIpc) is 2.30. The lowest BCUT2D eigenvalue weighted by atomic mass is 10.1. The molecule has 0 saturated carbocycles. The van der Waals surface area contributed by atoms with Crippen LogP contribution >= 0.6 is 0 Å². The standard InChI is InChI=1S/C14H24O3/c1-2-3-4-5-6-7-8-9-10-13(15)11-12-14(16)17/h11-12H,2-10H2,1H3,(H,16,17)/b12-11+. The van der Waals surface area contributed by atoms with Crippen molar-refractivity contribution in [2.75, 3.05) is 0 Å². The van der Waals surface area contributed by atoms with Gasteiger partial charge in [0.15, 0.2) is 5.78 Å². The lowest BCUT2D eigenvalue weighted by molar-refractivity contribution is -0.131. The fraction of sp³-hybridized carbons (Fsp3) is 0.714. The fourth-order valence-corrected chi connectivity index (χ4v) is 1.68. The second kappa shape index (κ2) is 11.4. The first-order chi connectivity index (χ1) is 8.16. The lowest BCUT2D eigenvalue weighted by Gasteiger charge is -2.00. The number of rotatable bonds is 11. The number of aliphatic carboxylic acids is 1. The van der Waals surface area contributed by atoms with Crippen molar-refractivity contribution in [2.45, 2.75) is 64.7 Å². The molecule has 0 aromatic carbocycles. The molecule has 0 amide bonds. The van der Waals surface area contributed by atoms with E-state index >= 15 is 0 Å². The van der Waals surface area contributed by atoms with Crippen LogP contribution in [0.4, 0.5) is 0 Å². The van der Waals surface area contributed by atoms with Crippen LogP contribution in [0, 0.1) is 0 Å². The third-order valence-electron chi connectivity index (χ3n) is 2.69. The third-order valence-corrected chi connectivity index (χ3v) is 2.69. The molecule has 0 aromatic rings. The highest BCUT2D eigenvalue weighted by molar-refractivity contribution is 5.95. The van der Waals surface area contributed by atoms with Gasteiger partial charge in [-0.15, -0.1) is 0 Å². The molecule has 0 rings (SSSR count). The monoisotopic (exact) mass is 240 g/mol. The SMILES string of the molecule is CCCCCCCCCCC(=O)/C=C/C(=O)O. The molecule has 3 heteroatoms. The first kappa shape index (κ1) is 15.9. The van der Waals surface area contributed by atoms with Crippen molar-refractivity contribution in [2.24, 2.45) is 0 Å². The number of hydrogen-bond donors (Lipinski definition) is 1. The minimum atomic E-state index is -1.06. The minimum absolute atomic E-state index is 0.0848. The highest BCUT2D eigenvalue weighted by Gasteiger charge is 1.98. The van der Waals surface area contributed by atoms with Gasteiger partial charge in [0.1, 0.15) is 0 Å². The molecule has 1 N–H and O–H groups in total. The summed E-state index contributed by atoms with van der Waals surface area (Å²) >= 11 is 0. The predicted octanol–water partition coefficient (Wildman–Crippen LogP) is 3.73. The van der Waals surface area contributed by atoms with E-state index in [-0.39, 0.29) is 5.78 Å². The molecular weight excluding hydrogens is 216 g/mol. The van der Waals surface area contributed by atoms with Crippen molar-refractivity contribution in [1.82, 2.24) is 0 Å². The summed E-state index contributed by atoms with van der Waals surface area (Å²) in [6.07, 6.45) is 12.1. The zero-order valence-electron chi connectivity index (χ0n) is 10.8. The van der Waals surface area contributed by atoms with E-state index in [0.717, 1.165) is 25.0 Å². The summed E-state index contributed by atoms with van der Waals surface area (Å²) < 4.78 is 0. The van der Waals surface area contributed by atoms with Crippen molar-refractivity contribution in [1.29, 1.82) is 0 Å². The Hall–Kier alpha value is -1.12. The maximum absolute atomic E-state index is 11.2. The van der Waals surface area contributed by atoms with Gasteiger partial charge in [-0.3, -0.25) is 4.79 Å². The minimum Gasteiger partial charge on any atom is -0.478 e. The van der Waals surface area contributed by atoms with E-state index in [1.165, 1.54) is 38.5 Å². The van der Waals surface area contributed by atoms with E-state index < -0.39 is 5.97 Å². The molecule has 0 aliphatic carbocycles. The van der Waals surface area contributed by atoms with Gasteiger partial charge in [0.25, 0.3) is 0 Å². The highest BCUT2D eigenvalue weighted by atomic mass is 16.4. The largest absolute Gasteiger partial charge is 0.478 e. The summed E-state index contributed by atoms with van der Waals surface area (Å²) in [7, 11) is 0. The van der Waals surface area contributed by atoms with Gasteiger partial charge < -0.3 is 5.11 Å². The smallest absolute Gasteiger partial charge is 0.328 e. The lowest BCUT2D eigenvalue weighted by Crippen LogP contribution is -1.95. The predicted molar refractivity (Wildman–Crippen MR) is 69.0 cm³/mol. The topological polar surface area (TPSA) is 54.4 Å². The molecule has 0 spiro atoms. The van der Waals surface area contributed by atoms with Crippen LogP contribution in [-0.2, 0) is 9.59 Å². The molecule has 0 aliphatic heterocycles. The molecule has 0 atom stereocenters. The molecular formula is C14H24O3. The summed E-state index contributed by atoms with van der Waals surface area (Å²) in [5, 5.41) is 8.34. The van der Waals surface area contributed by atoms with Crippen molar-refractivity contribution >= 4 is 11.8 Å². The van der Waals surface area contributed by atoms with Crippen LogP contribution in [0.25, 0.3) is 0 Å². The second-order valence-corrected chi connectivity index (χ2v) is 4.36. The maximum Gasteiger partial charge on any atom is 0.328 e. The maximum atomic E-state index is 11.2. The van der Waals surface area contributed by atoms with E-state index in [9.17, 15) is 9.59 Å². The number of hydrogen-bond acceptors (Lipinski definition) is 2. The van der Waals surface area contributed by atoms with E-state index in [4.69, 9.17) is 5.11 Å². The van der Waals surface area contributed by atoms with Gasteiger partial charge in [-0.05, 0) is 12.5 Å². The van der Waals surface area contributed by atoms with Gasteiger partial charge in [0.2, 0.25) is 0 Å². The normalized spacial score (nSPS) is 10.9. The molecule has 98 valence electrons. The number of carboxylic acids is 1. The van der Waals surface area contributed by atoms with Gasteiger partial charge in [-0.2, -0.15) is 0 Å². The average molecular weight is 240 g/mol. The summed E-state index contributed by atoms with van der Waals surface area (Å²) in [5.41, 5.74) is 0. The van der Waals surface area contributed by atoms with Gasteiger partial charge in [-0.1, -0.05) is 51.9 Å². The van der Waals surface area contributed by atoms with Crippen LogP contribution in [0.5, 0.6) is 0 Å². The molecule has 3 nitrogen and oxygen atoms in total. The zero-order chi connectivity index (χ0) is 12.9. The van der Waals surface area contributed by atoms with E-state index in [1.807, 2.05) is 0 Å². The zero-order valence-corrected chi connectivity index (χ0v) is 10.8. The Morgan fingerprint density at radius 3 is 1.94 bits per heavy atom. The van der Waals surface area contributed by atoms with Crippen LogP contribution < -0.4 is 0 Å². The molecule has 0 heterocycles. The third kappa shape index (κ3) is 12.8. The first-order valence-electron chi connectivity index (χ1n) is 6.60. The van der Waals surface area contributed by atoms with Gasteiger partial charge >= 0.3 is 5.97 Å². The van der Waals surface area contributed by atoms with E-state index in [1.54, 1.807) is 0 Å². The Balaban J connectivity index is 3.28. The molecule has 17 heavy (non-hydrogen) atoms. The van der Waals surface area contributed by atoms with Crippen molar-refractivity contribution in [3.63, 3.8) is 0 Å². The van der Waals surface area contributed by atoms with Crippen LogP contribution in [-0.4, -0.2) is 16.9 Å². The number of unbranched alkanes of at least 4 members (excludes halogenated alkanes) is 7.